The maximum absolute atomic E-state index is 13.9. The highest BCUT2D eigenvalue weighted by atomic mass is 32.2. The van der Waals surface area contributed by atoms with Crippen molar-refractivity contribution >= 4 is 26.7 Å². The summed E-state index contributed by atoms with van der Waals surface area (Å²) in [6.07, 6.45) is -0.859. The van der Waals surface area contributed by atoms with Gasteiger partial charge in [-0.1, -0.05) is 55.7 Å². The van der Waals surface area contributed by atoms with Crippen LogP contribution in [0.3, 0.4) is 0 Å². The lowest BCUT2D eigenvalue weighted by atomic mass is 9.87. The van der Waals surface area contributed by atoms with Crippen LogP contribution in [0.1, 0.15) is 32.1 Å². The second kappa shape index (κ2) is 8.43. The number of amides is 1. The van der Waals surface area contributed by atoms with Crippen LogP contribution in [-0.2, 0) is 14.8 Å². The quantitative estimate of drug-likeness (QED) is 0.699. The molecule has 0 unspecified atom stereocenters. The van der Waals surface area contributed by atoms with Crippen LogP contribution in [-0.4, -0.2) is 55.4 Å². The predicted molar refractivity (Wildman–Crippen MR) is 111 cm³/mol. The van der Waals surface area contributed by atoms with Crippen molar-refractivity contribution in [3.05, 3.63) is 42.5 Å². The van der Waals surface area contributed by atoms with Gasteiger partial charge in [-0.25, -0.2) is 8.42 Å². The molecule has 0 aromatic heterocycles. The molecule has 1 aliphatic heterocycles. The van der Waals surface area contributed by atoms with Gasteiger partial charge in [-0.05, 0) is 24.3 Å². The van der Waals surface area contributed by atoms with Crippen molar-refractivity contribution in [1.82, 2.24) is 9.21 Å². The normalized spacial score (nSPS) is 22.0. The standard InChI is InChI=1S/C22H25F3N2O3S/c23-22(24,25)20-15-26(13-14-27(20)21(28)17-8-2-1-3-9-17)31(29,30)19-12-6-10-16-7-4-5-11-18(16)19/h4-7,10-12,17,20H,1-3,8-9,13-15H2/t20-/m0/s1. The lowest BCUT2D eigenvalue weighted by molar-refractivity contribution is -0.199. The Labute approximate surface area is 179 Å². The molecular weight excluding hydrogens is 429 g/mol. The van der Waals surface area contributed by atoms with E-state index in [1.807, 2.05) is 0 Å². The molecule has 1 saturated carbocycles. The summed E-state index contributed by atoms with van der Waals surface area (Å²) in [5, 5.41) is 1.16. The van der Waals surface area contributed by atoms with Gasteiger partial charge >= 0.3 is 6.18 Å². The molecule has 0 spiro atoms. The fraction of sp³-hybridized carbons (Fsp3) is 0.500. The fourth-order valence-electron chi connectivity index (χ4n) is 4.66. The van der Waals surface area contributed by atoms with E-state index in [1.165, 1.54) is 6.07 Å². The van der Waals surface area contributed by atoms with Gasteiger partial charge in [0.05, 0.1) is 4.90 Å². The largest absolute Gasteiger partial charge is 0.410 e. The van der Waals surface area contributed by atoms with E-state index >= 15 is 0 Å². The number of rotatable bonds is 3. The van der Waals surface area contributed by atoms with Gasteiger partial charge in [0, 0.05) is 30.9 Å². The molecule has 5 nitrogen and oxygen atoms in total. The number of carbonyl (C=O) groups is 1. The Hall–Kier alpha value is -2.13. The number of hydrogen-bond donors (Lipinski definition) is 0. The fourth-order valence-corrected chi connectivity index (χ4v) is 6.32. The SMILES string of the molecule is O=C(C1CCCCC1)N1CCN(S(=O)(=O)c2cccc3ccccc23)C[C@H]1C(F)(F)F. The van der Waals surface area contributed by atoms with Gasteiger partial charge < -0.3 is 4.90 Å². The molecule has 0 radical (unpaired) electrons. The monoisotopic (exact) mass is 454 g/mol. The van der Waals surface area contributed by atoms with Crippen LogP contribution in [0.25, 0.3) is 10.8 Å². The maximum atomic E-state index is 13.9. The average molecular weight is 455 g/mol. The summed E-state index contributed by atoms with van der Waals surface area (Å²) in [4.78, 5) is 13.7. The summed E-state index contributed by atoms with van der Waals surface area (Å²) in [6, 6.07) is 9.49. The topological polar surface area (TPSA) is 57.7 Å². The molecule has 1 atom stereocenters. The molecule has 2 aromatic rings. The molecule has 31 heavy (non-hydrogen) atoms. The van der Waals surface area contributed by atoms with Crippen molar-refractivity contribution in [1.29, 1.82) is 0 Å². The summed E-state index contributed by atoms with van der Waals surface area (Å²) in [5.41, 5.74) is 0. The van der Waals surface area contributed by atoms with Crippen molar-refractivity contribution < 1.29 is 26.4 Å². The molecule has 0 bridgehead atoms. The van der Waals surface area contributed by atoms with Gasteiger partial charge in [0.1, 0.15) is 6.04 Å². The predicted octanol–water partition coefficient (Wildman–Crippen LogP) is 4.18. The Morgan fingerprint density at radius 2 is 1.61 bits per heavy atom. The molecule has 1 heterocycles. The first-order chi connectivity index (χ1) is 14.7. The lowest BCUT2D eigenvalue weighted by Crippen LogP contribution is -2.62. The first-order valence-corrected chi connectivity index (χ1v) is 12.0. The van der Waals surface area contributed by atoms with E-state index in [1.54, 1.807) is 36.4 Å². The molecule has 2 aromatic carbocycles. The van der Waals surface area contributed by atoms with Gasteiger partial charge in [-0.15, -0.1) is 0 Å². The number of benzene rings is 2. The number of sulfonamides is 1. The van der Waals surface area contributed by atoms with Crippen molar-refractivity contribution in [3.8, 4) is 0 Å². The van der Waals surface area contributed by atoms with Crippen LogP contribution in [0.2, 0.25) is 0 Å². The Morgan fingerprint density at radius 3 is 2.32 bits per heavy atom. The zero-order chi connectivity index (χ0) is 22.2. The maximum Gasteiger partial charge on any atom is 0.410 e. The van der Waals surface area contributed by atoms with E-state index in [4.69, 9.17) is 0 Å². The minimum Gasteiger partial charge on any atom is -0.328 e. The summed E-state index contributed by atoms with van der Waals surface area (Å²) in [7, 11) is -4.16. The Morgan fingerprint density at radius 1 is 0.935 bits per heavy atom. The van der Waals surface area contributed by atoms with Crippen molar-refractivity contribution in [2.24, 2.45) is 5.92 Å². The molecule has 1 saturated heterocycles. The van der Waals surface area contributed by atoms with Gasteiger partial charge in [0.2, 0.25) is 15.9 Å². The van der Waals surface area contributed by atoms with Gasteiger partial charge in [0.25, 0.3) is 0 Å². The number of hydrogen-bond acceptors (Lipinski definition) is 3. The van der Waals surface area contributed by atoms with Crippen molar-refractivity contribution in [3.63, 3.8) is 0 Å². The highest BCUT2D eigenvalue weighted by Gasteiger charge is 2.51. The smallest absolute Gasteiger partial charge is 0.328 e. The molecule has 2 aliphatic rings. The van der Waals surface area contributed by atoms with Gasteiger partial charge in [-0.3, -0.25) is 4.79 Å². The van der Waals surface area contributed by atoms with Gasteiger partial charge in [0.15, 0.2) is 0 Å². The van der Waals surface area contributed by atoms with Crippen LogP contribution >= 0.6 is 0 Å². The second-order valence-electron chi connectivity index (χ2n) is 8.26. The van der Waals surface area contributed by atoms with E-state index in [9.17, 15) is 26.4 Å². The molecule has 0 N–H and O–H groups in total. The minimum absolute atomic E-state index is 0.0152. The second-order valence-corrected chi connectivity index (χ2v) is 10.2. The van der Waals surface area contributed by atoms with E-state index in [0.29, 0.717) is 23.6 Å². The van der Waals surface area contributed by atoms with E-state index in [0.717, 1.165) is 28.5 Å². The number of nitrogens with zero attached hydrogens (tertiary/aromatic N) is 2. The Bertz CT molecular complexity index is 1060. The molecule has 1 amide bonds. The zero-order valence-corrected chi connectivity index (χ0v) is 17.8. The van der Waals surface area contributed by atoms with Crippen molar-refractivity contribution in [2.75, 3.05) is 19.6 Å². The third-order valence-electron chi connectivity index (χ3n) is 6.33. The molecular formula is C22H25F3N2O3S. The third-order valence-corrected chi connectivity index (χ3v) is 8.25. The van der Waals surface area contributed by atoms with Crippen LogP contribution in [0.4, 0.5) is 13.2 Å². The first kappa shape index (κ1) is 22.1. The number of piperazine rings is 1. The summed E-state index contributed by atoms with van der Waals surface area (Å²) in [6.45, 7) is -1.20. The Balaban J connectivity index is 1.63. The van der Waals surface area contributed by atoms with Crippen molar-refractivity contribution in [2.45, 2.75) is 49.2 Å². The number of alkyl halides is 3. The molecule has 168 valence electrons. The van der Waals surface area contributed by atoms with E-state index < -0.39 is 40.6 Å². The van der Waals surface area contributed by atoms with E-state index in [2.05, 4.69) is 0 Å². The highest BCUT2D eigenvalue weighted by Crippen LogP contribution is 2.34. The van der Waals surface area contributed by atoms with Crippen LogP contribution in [0.15, 0.2) is 47.4 Å². The number of fused-ring (bicyclic) bond motifs is 1. The lowest BCUT2D eigenvalue weighted by Gasteiger charge is -2.43. The first-order valence-electron chi connectivity index (χ1n) is 10.5. The average Bonchev–Trinajstić information content (AvgIpc) is 2.77. The number of halogens is 3. The third kappa shape index (κ3) is 4.30. The minimum atomic E-state index is -4.71. The summed E-state index contributed by atoms with van der Waals surface area (Å²) >= 11 is 0. The summed E-state index contributed by atoms with van der Waals surface area (Å²) < 4.78 is 69.2. The van der Waals surface area contributed by atoms with Gasteiger partial charge in [-0.2, -0.15) is 17.5 Å². The highest BCUT2D eigenvalue weighted by molar-refractivity contribution is 7.89. The zero-order valence-electron chi connectivity index (χ0n) is 17.0. The van der Waals surface area contributed by atoms with Crippen LogP contribution < -0.4 is 0 Å². The van der Waals surface area contributed by atoms with Crippen LogP contribution in [0.5, 0.6) is 0 Å². The number of carbonyl (C=O) groups excluding carboxylic acids is 1. The van der Waals surface area contributed by atoms with Crippen LogP contribution in [0, 0.1) is 5.92 Å². The Kier molecular flexibility index (Phi) is 6.00. The van der Waals surface area contributed by atoms with E-state index in [-0.39, 0.29) is 18.0 Å². The molecule has 1 aliphatic carbocycles. The molecule has 4 rings (SSSR count). The molecule has 2 fully saturated rings. The molecule has 9 heteroatoms. The summed E-state index contributed by atoms with van der Waals surface area (Å²) in [5.74, 6) is -0.899.